The summed E-state index contributed by atoms with van der Waals surface area (Å²) in [7, 11) is 0. The topological polar surface area (TPSA) is 49.4 Å². The quantitative estimate of drug-likeness (QED) is 0.540. The molecule has 2 rings (SSSR count). The third-order valence-electron chi connectivity index (χ3n) is 3.84. The number of nitrogens with zero attached hydrogens (tertiary/aromatic N) is 1. The van der Waals surface area contributed by atoms with Gasteiger partial charge in [0.05, 0.1) is 10.4 Å². The van der Waals surface area contributed by atoms with Crippen molar-refractivity contribution in [2.24, 2.45) is 0 Å². The minimum Gasteiger partial charge on any atom is -0.325 e. The smallest absolute Gasteiger partial charge is 0.241 e. The second kappa shape index (κ2) is 8.94. The second-order valence-electron chi connectivity index (χ2n) is 5.72. The highest BCUT2D eigenvalue weighted by Gasteiger charge is 2.21. The Morgan fingerprint density at radius 1 is 1.28 bits per heavy atom. The maximum Gasteiger partial charge on any atom is 0.241 e. The predicted octanol–water partition coefficient (Wildman–Crippen LogP) is 4.62. The van der Waals surface area contributed by atoms with Crippen LogP contribution in [0.5, 0.6) is 0 Å². The summed E-state index contributed by atoms with van der Waals surface area (Å²) in [5.74, 6) is -0.113. The van der Waals surface area contributed by atoms with Gasteiger partial charge in [0.2, 0.25) is 5.91 Å². The molecule has 0 saturated carbocycles. The number of benzene rings is 1. The molecular weight excluding hydrogens is 356 g/mol. The number of ketones is 1. The highest BCUT2D eigenvalue weighted by molar-refractivity contribution is 7.16. The molecule has 0 spiro atoms. The lowest BCUT2D eigenvalue weighted by molar-refractivity contribution is -0.120. The van der Waals surface area contributed by atoms with Crippen molar-refractivity contribution in [3.63, 3.8) is 0 Å². The third kappa shape index (κ3) is 5.53. The normalized spacial score (nSPS) is 12.0. The number of carbonyl (C=O) groups is 2. The van der Waals surface area contributed by atoms with Crippen LogP contribution in [0.4, 0.5) is 5.69 Å². The molecule has 1 amide bonds. The standard InChI is InChI=1S/C19H21ClN2O2S/c1-4-11-22(12-17-9-10-18(20)25-17)13(2)19(24)21-16-7-5-15(6-8-16)14(3)23/h4-10,13H,1,11-12H2,2-3H3,(H,21,24)/t13-/m0/s1. The lowest BCUT2D eigenvalue weighted by Gasteiger charge is -2.26. The first-order chi connectivity index (χ1) is 11.9. The number of anilines is 1. The van der Waals surface area contributed by atoms with E-state index in [1.165, 1.54) is 18.3 Å². The number of Topliss-reactive ketones (excluding diaryl/α,β-unsaturated/α-hetero) is 1. The van der Waals surface area contributed by atoms with Crippen LogP contribution in [0.2, 0.25) is 4.34 Å². The van der Waals surface area contributed by atoms with E-state index >= 15 is 0 Å². The van der Waals surface area contributed by atoms with E-state index in [1.807, 2.05) is 24.0 Å². The van der Waals surface area contributed by atoms with Crippen LogP contribution >= 0.6 is 22.9 Å². The average molecular weight is 377 g/mol. The molecule has 0 aliphatic carbocycles. The number of amides is 1. The molecule has 6 heteroatoms. The van der Waals surface area contributed by atoms with Crippen LogP contribution in [0, 0.1) is 0 Å². The van der Waals surface area contributed by atoms with Crippen molar-refractivity contribution < 1.29 is 9.59 Å². The van der Waals surface area contributed by atoms with Crippen molar-refractivity contribution in [3.05, 3.63) is 63.8 Å². The minimum absolute atomic E-state index is 0.00184. The molecule has 1 heterocycles. The Labute approximate surface area is 157 Å². The van der Waals surface area contributed by atoms with Crippen molar-refractivity contribution in [2.45, 2.75) is 26.4 Å². The van der Waals surface area contributed by atoms with Gasteiger partial charge in [-0.05, 0) is 50.2 Å². The predicted molar refractivity (Wildman–Crippen MR) is 104 cm³/mol. The summed E-state index contributed by atoms with van der Waals surface area (Å²) < 4.78 is 0.733. The maximum absolute atomic E-state index is 12.6. The molecule has 0 fully saturated rings. The fourth-order valence-corrected chi connectivity index (χ4v) is 3.48. The SMILES string of the molecule is C=CCN(Cc1ccc(Cl)s1)[C@@H](C)C(=O)Nc1ccc(C(C)=O)cc1. The van der Waals surface area contributed by atoms with Crippen molar-refractivity contribution in [1.29, 1.82) is 0 Å². The summed E-state index contributed by atoms with van der Waals surface area (Å²) in [6, 6.07) is 10.4. The third-order valence-corrected chi connectivity index (χ3v) is 5.05. The molecule has 4 nitrogen and oxygen atoms in total. The van der Waals surface area contributed by atoms with Gasteiger partial charge in [0, 0.05) is 29.2 Å². The van der Waals surface area contributed by atoms with Crippen LogP contribution in [-0.4, -0.2) is 29.2 Å². The second-order valence-corrected chi connectivity index (χ2v) is 7.52. The summed E-state index contributed by atoms with van der Waals surface area (Å²) >= 11 is 7.49. The Bertz CT molecular complexity index is 755. The van der Waals surface area contributed by atoms with Gasteiger partial charge in [-0.2, -0.15) is 0 Å². The number of carbonyl (C=O) groups excluding carboxylic acids is 2. The highest BCUT2D eigenvalue weighted by Crippen LogP contribution is 2.23. The summed E-state index contributed by atoms with van der Waals surface area (Å²) in [5.41, 5.74) is 1.29. The van der Waals surface area contributed by atoms with Crippen LogP contribution in [0.25, 0.3) is 0 Å². The Morgan fingerprint density at radius 3 is 2.48 bits per heavy atom. The fourth-order valence-electron chi connectivity index (χ4n) is 2.36. The van der Waals surface area contributed by atoms with Gasteiger partial charge >= 0.3 is 0 Å². The van der Waals surface area contributed by atoms with E-state index in [1.54, 1.807) is 30.3 Å². The minimum atomic E-state index is -0.341. The first-order valence-electron chi connectivity index (χ1n) is 7.91. The summed E-state index contributed by atoms with van der Waals surface area (Å²) in [5, 5.41) is 2.89. The number of hydrogen-bond acceptors (Lipinski definition) is 4. The molecule has 1 atom stereocenters. The van der Waals surface area contributed by atoms with Gasteiger partial charge in [-0.15, -0.1) is 17.9 Å². The summed E-state index contributed by atoms with van der Waals surface area (Å²) in [4.78, 5) is 27.0. The van der Waals surface area contributed by atoms with E-state index in [0.717, 1.165) is 9.21 Å². The van der Waals surface area contributed by atoms with Gasteiger partial charge in [0.1, 0.15) is 0 Å². The largest absolute Gasteiger partial charge is 0.325 e. The molecule has 0 bridgehead atoms. The Hall–Kier alpha value is -1.95. The van der Waals surface area contributed by atoms with Gasteiger partial charge in [0.25, 0.3) is 0 Å². The number of thiophene rings is 1. The zero-order valence-corrected chi connectivity index (χ0v) is 15.9. The van der Waals surface area contributed by atoms with Crippen LogP contribution in [0.1, 0.15) is 29.1 Å². The molecule has 1 aromatic heterocycles. The summed E-state index contributed by atoms with van der Waals surface area (Å²) in [6.07, 6.45) is 1.78. The number of rotatable bonds is 8. The average Bonchev–Trinajstić information content (AvgIpc) is 2.99. The zero-order valence-electron chi connectivity index (χ0n) is 14.3. The number of nitrogens with one attached hydrogen (secondary N) is 1. The summed E-state index contributed by atoms with van der Waals surface area (Å²) in [6.45, 7) is 8.36. The van der Waals surface area contributed by atoms with Gasteiger partial charge < -0.3 is 5.32 Å². The first-order valence-corrected chi connectivity index (χ1v) is 9.11. The molecule has 132 valence electrons. The van der Waals surface area contributed by atoms with E-state index < -0.39 is 0 Å². The Balaban J connectivity index is 2.04. The lowest BCUT2D eigenvalue weighted by Crippen LogP contribution is -2.41. The fraction of sp³-hybridized carbons (Fsp3) is 0.263. The van der Waals surface area contributed by atoms with Crippen molar-refractivity contribution in [1.82, 2.24) is 4.90 Å². The molecule has 0 unspecified atom stereocenters. The molecule has 0 saturated heterocycles. The van der Waals surface area contributed by atoms with Crippen molar-refractivity contribution >= 4 is 40.3 Å². The van der Waals surface area contributed by atoms with Gasteiger partial charge in [0.15, 0.2) is 5.78 Å². The molecule has 1 N–H and O–H groups in total. The molecule has 0 radical (unpaired) electrons. The lowest BCUT2D eigenvalue weighted by atomic mass is 10.1. The Morgan fingerprint density at radius 2 is 1.96 bits per heavy atom. The van der Waals surface area contributed by atoms with E-state index in [0.29, 0.717) is 24.3 Å². The Kier molecular flexibility index (Phi) is 6.93. The van der Waals surface area contributed by atoms with E-state index in [4.69, 9.17) is 11.6 Å². The molecule has 2 aromatic rings. The number of halogens is 1. The van der Waals surface area contributed by atoms with E-state index in [9.17, 15) is 9.59 Å². The van der Waals surface area contributed by atoms with Crippen LogP contribution < -0.4 is 5.32 Å². The van der Waals surface area contributed by atoms with Gasteiger partial charge in [-0.1, -0.05) is 17.7 Å². The highest BCUT2D eigenvalue weighted by atomic mass is 35.5. The van der Waals surface area contributed by atoms with Gasteiger partial charge in [-0.3, -0.25) is 14.5 Å². The molecular formula is C19H21ClN2O2S. The maximum atomic E-state index is 12.6. The zero-order chi connectivity index (χ0) is 18.4. The molecule has 0 aliphatic rings. The first kappa shape index (κ1) is 19.4. The molecule has 0 aliphatic heterocycles. The van der Waals surface area contributed by atoms with Crippen LogP contribution in [-0.2, 0) is 11.3 Å². The monoisotopic (exact) mass is 376 g/mol. The van der Waals surface area contributed by atoms with Crippen molar-refractivity contribution in [3.8, 4) is 0 Å². The van der Waals surface area contributed by atoms with E-state index in [-0.39, 0.29) is 17.7 Å². The molecule has 25 heavy (non-hydrogen) atoms. The number of hydrogen-bond donors (Lipinski definition) is 1. The van der Waals surface area contributed by atoms with E-state index in [2.05, 4.69) is 11.9 Å². The van der Waals surface area contributed by atoms with Crippen molar-refractivity contribution in [2.75, 3.05) is 11.9 Å². The van der Waals surface area contributed by atoms with Crippen LogP contribution in [0.3, 0.4) is 0 Å². The molecule has 1 aromatic carbocycles. The van der Waals surface area contributed by atoms with Crippen LogP contribution in [0.15, 0.2) is 49.1 Å². The van der Waals surface area contributed by atoms with Gasteiger partial charge in [-0.25, -0.2) is 0 Å².